The largest absolute Gasteiger partial charge is 0.480 e. The Balaban J connectivity index is 2.38. The van der Waals surface area contributed by atoms with Gasteiger partial charge in [-0.3, -0.25) is 9.59 Å². The number of alkyl halides is 3. The van der Waals surface area contributed by atoms with Crippen LogP contribution in [0.5, 0.6) is 0 Å². The van der Waals surface area contributed by atoms with Crippen LogP contribution in [0.4, 0.5) is 13.2 Å². The van der Waals surface area contributed by atoms with Crippen molar-refractivity contribution in [3.63, 3.8) is 0 Å². The van der Waals surface area contributed by atoms with E-state index in [-0.39, 0.29) is 16.7 Å². The molecule has 0 saturated heterocycles. The van der Waals surface area contributed by atoms with Crippen LogP contribution in [0, 0.1) is 0 Å². The maximum atomic E-state index is 12.7. The highest BCUT2D eigenvalue weighted by Crippen LogP contribution is 2.30. The normalized spacial score (nSPS) is 12.7. The summed E-state index contributed by atoms with van der Waals surface area (Å²) in [4.78, 5) is 23.2. The maximum absolute atomic E-state index is 12.7. The van der Waals surface area contributed by atoms with E-state index in [1.54, 1.807) is 0 Å². The molecule has 0 spiro atoms. The number of carboxylic acids is 1. The van der Waals surface area contributed by atoms with Crippen molar-refractivity contribution in [2.45, 2.75) is 12.2 Å². The zero-order chi connectivity index (χ0) is 17.2. The van der Waals surface area contributed by atoms with E-state index >= 15 is 0 Å². The summed E-state index contributed by atoms with van der Waals surface area (Å²) in [7, 11) is 0. The monoisotopic (exact) mass is 323 g/mol. The van der Waals surface area contributed by atoms with Crippen LogP contribution < -0.4 is 5.73 Å². The number of halogens is 3. The molecular weight excluding hydrogens is 311 g/mol. The summed E-state index contributed by atoms with van der Waals surface area (Å²) in [5.41, 5.74) is 4.66. The van der Waals surface area contributed by atoms with Crippen molar-refractivity contribution in [2.75, 3.05) is 0 Å². The standard InChI is InChI=1S/C16H12F3NO3/c17-16(18,19)12-6-2-5-11(8-12)14(21)10-4-1-3-9(7-10)13(20)15(22)23/h1-8,13H,20H2,(H,22,23). The van der Waals surface area contributed by atoms with Gasteiger partial charge in [-0.2, -0.15) is 13.2 Å². The van der Waals surface area contributed by atoms with Gasteiger partial charge in [0.2, 0.25) is 0 Å². The van der Waals surface area contributed by atoms with Gasteiger partial charge >= 0.3 is 12.1 Å². The van der Waals surface area contributed by atoms with Gasteiger partial charge < -0.3 is 10.8 Å². The number of benzene rings is 2. The number of rotatable bonds is 4. The van der Waals surface area contributed by atoms with Gasteiger partial charge in [-0.1, -0.05) is 30.3 Å². The highest BCUT2D eigenvalue weighted by atomic mass is 19.4. The Hall–Kier alpha value is -2.67. The molecule has 1 unspecified atom stereocenters. The molecule has 0 radical (unpaired) electrons. The Morgan fingerprint density at radius 1 is 1.00 bits per heavy atom. The zero-order valence-corrected chi connectivity index (χ0v) is 11.7. The van der Waals surface area contributed by atoms with Gasteiger partial charge in [0.25, 0.3) is 0 Å². The van der Waals surface area contributed by atoms with Crippen LogP contribution in [0.2, 0.25) is 0 Å². The first-order valence-corrected chi connectivity index (χ1v) is 6.50. The minimum Gasteiger partial charge on any atom is -0.480 e. The van der Waals surface area contributed by atoms with E-state index in [1.807, 2.05) is 0 Å². The molecule has 23 heavy (non-hydrogen) atoms. The van der Waals surface area contributed by atoms with E-state index in [4.69, 9.17) is 10.8 Å². The fourth-order valence-electron chi connectivity index (χ4n) is 2.02. The number of ketones is 1. The van der Waals surface area contributed by atoms with Gasteiger partial charge in [0.1, 0.15) is 6.04 Å². The van der Waals surface area contributed by atoms with E-state index < -0.39 is 29.5 Å². The number of aliphatic carboxylic acids is 1. The van der Waals surface area contributed by atoms with E-state index in [0.717, 1.165) is 18.2 Å². The highest BCUT2D eigenvalue weighted by Gasteiger charge is 2.31. The number of carboxylic acid groups (broad SMARTS) is 1. The predicted molar refractivity (Wildman–Crippen MR) is 75.9 cm³/mol. The molecule has 0 bridgehead atoms. The van der Waals surface area contributed by atoms with Crippen LogP contribution in [0.15, 0.2) is 48.5 Å². The minimum atomic E-state index is -4.55. The van der Waals surface area contributed by atoms with Crippen LogP contribution in [0.1, 0.15) is 33.1 Å². The third-order valence-electron chi connectivity index (χ3n) is 3.23. The lowest BCUT2D eigenvalue weighted by molar-refractivity contribution is -0.139. The molecule has 0 aliphatic rings. The number of carbonyl (C=O) groups excluding carboxylic acids is 1. The molecule has 120 valence electrons. The third kappa shape index (κ3) is 3.75. The Morgan fingerprint density at radius 2 is 1.57 bits per heavy atom. The molecule has 0 aliphatic heterocycles. The number of hydrogen-bond acceptors (Lipinski definition) is 3. The first kappa shape index (κ1) is 16.7. The second-order valence-corrected chi connectivity index (χ2v) is 4.85. The van der Waals surface area contributed by atoms with Crippen molar-refractivity contribution >= 4 is 11.8 Å². The molecule has 2 aromatic carbocycles. The van der Waals surface area contributed by atoms with Crippen molar-refractivity contribution in [3.8, 4) is 0 Å². The summed E-state index contributed by atoms with van der Waals surface area (Å²) in [6.45, 7) is 0. The van der Waals surface area contributed by atoms with Crippen LogP contribution in [-0.2, 0) is 11.0 Å². The maximum Gasteiger partial charge on any atom is 0.416 e. The topological polar surface area (TPSA) is 80.4 Å². The number of carbonyl (C=O) groups is 2. The average Bonchev–Trinajstić information content (AvgIpc) is 2.52. The second kappa shape index (κ2) is 6.21. The fourth-order valence-corrected chi connectivity index (χ4v) is 2.02. The predicted octanol–water partition coefficient (Wildman–Crippen LogP) is 3.02. The van der Waals surface area contributed by atoms with Gasteiger partial charge in [0, 0.05) is 11.1 Å². The zero-order valence-electron chi connectivity index (χ0n) is 11.7. The first-order chi connectivity index (χ1) is 10.7. The molecule has 3 N–H and O–H groups in total. The molecule has 0 saturated carbocycles. The Morgan fingerprint density at radius 3 is 2.13 bits per heavy atom. The Kier molecular flexibility index (Phi) is 4.51. The van der Waals surface area contributed by atoms with Gasteiger partial charge in [0.05, 0.1) is 5.56 Å². The molecule has 0 aromatic heterocycles. The molecule has 2 aromatic rings. The summed E-state index contributed by atoms with van der Waals surface area (Å²) in [6, 6.07) is 8.23. The number of nitrogens with two attached hydrogens (primary N) is 1. The summed E-state index contributed by atoms with van der Waals surface area (Å²) in [5.74, 6) is -1.91. The van der Waals surface area contributed by atoms with E-state index in [2.05, 4.69) is 0 Å². The SMILES string of the molecule is NC(C(=O)O)c1cccc(C(=O)c2cccc(C(F)(F)F)c2)c1. The summed E-state index contributed by atoms with van der Waals surface area (Å²) >= 11 is 0. The van der Waals surface area contributed by atoms with Crippen LogP contribution in [-0.4, -0.2) is 16.9 Å². The van der Waals surface area contributed by atoms with E-state index in [1.165, 1.54) is 30.3 Å². The van der Waals surface area contributed by atoms with Crippen LogP contribution >= 0.6 is 0 Å². The third-order valence-corrected chi connectivity index (χ3v) is 3.23. The molecule has 0 heterocycles. The van der Waals surface area contributed by atoms with Gasteiger partial charge in [-0.15, -0.1) is 0 Å². The van der Waals surface area contributed by atoms with E-state index in [9.17, 15) is 22.8 Å². The van der Waals surface area contributed by atoms with Gasteiger partial charge in [0.15, 0.2) is 5.78 Å². The van der Waals surface area contributed by atoms with Gasteiger partial charge in [-0.05, 0) is 23.8 Å². The van der Waals surface area contributed by atoms with Crippen molar-refractivity contribution in [1.82, 2.24) is 0 Å². The molecule has 4 nitrogen and oxygen atoms in total. The van der Waals surface area contributed by atoms with E-state index in [0.29, 0.717) is 0 Å². The first-order valence-electron chi connectivity index (χ1n) is 6.50. The van der Waals surface area contributed by atoms with Crippen molar-refractivity contribution in [2.24, 2.45) is 5.73 Å². The second-order valence-electron chi connectivity index (χ2n) is 4.85. The Bertz CT molecular complexity index is 756. The number of hydrogen-bond donors (Lipinski definition) is 2. The molecule has 0 amide bonds. The molecule has 1 atom stereocenters. The van der Waals surface area contributed by atoms with Gasteiger partial charge in [-0.25, -0.2) is 0 Å². The van der Waals surface area contributed by atoms with Crippen LogP contribution in [0.25, 0.3) is 0 Å². The summed E-state index contributed by atoms with van der Waals surface area (Å²) < 4.78 is 38.1. The quantitative estimate of drug-likeness (QED) is 0.848. The lowest BCUT2D eigenvalue weighted by atomic mass is 9.97. The minimum absolute atomic E-state index is 0.0681. The summed E-state index contributed by atoms with van der Waals surface area (Å²) in [5, 5.41) is 8.87. The Labute approximate surface area is 129 Å². The lowest BCUT2D eigenvalue weighted by Gasteiger charge is -2.10. The molecule has 0 aliphatic carbocycles. The highest BCUT2D eigenvalue weighted by molar-refractivity contribution is 6.09. The molecule has 2 rings (SSSR count). The van der Waals surface area contributed by atoms with Crippen molar-refractivity contribution < 1.29 is 27.9 Å². The fraction of sp³-hybridized carbons (Fsp3) is 0.125. The average molecular weight is 323 g/mol. The molecule has 7 heteroatoms. The molecular formula is C16H12F3NO3. The molecule has 0 fully saturated rings. The lowest BCUT2D eigenvalue weighted by Crippen LogP contribution is -2.21. The van der Waals surface area contributed by atoms with Crippen molar-refractivity contribution in [1.29, 1.82) is 0 Å². The summed E-state index contributed by atoms with van der Waals surface area (Å²) in [6.07, 6.45) is -4.55. The van der Waals surface area contributed by atoms with Crippen molar-refractivity contribution in [3.05, 3.63) is 70.8 Å². The van der Waals surface area contributed by atoms with Crippen LogP contribution in [0.3, 0.4) is 0 Å². The smallest absolute Gasteiger partial charge is 0.416 e.